The molecule has 2 rings (SSSR count). The molecule has 1 aliphatic rings. The van der Waals surface area contributed by atoms with E-state index < -0.39 is 9.84 Å². The summed E-state index contributed by atoms with van der Waals surface area (Å²) in [5, 5.41) is 0. The summed E-state index contributed by atoms with van der Waals surface area (Å²) in [6.45, 7) is 3.13. The molecule has 1 aliphatic heterocycles. The lowest BCUT2D eigenvalue weighted by Gasteiger charge is -2.36. The van der Waals surface area contributed by atoms with Crippen molar-refractivity contribution in [3.05, 3.63) is 18.2 Å². The van der Waals surface area contributed by atoms with Crippen molar-refractivity contribution in [3.8, 4) is 0 Å². The number of hydrogen-bond donors (Lipinski definition) is 2. The molecule has 1 saturated heterocycles. The maximum Gasteiger partial charge on any atom is 0.231 e. The first-order valence-corrected chi connectivity index (χ1v) is 8.51. The number of primary amides is 1. The van der Waals surface area contributed by atoms with Crippen molar-refractivity contribution in [2.75, 3.05) is 49.6 Å². The van der Waals surface area contributed by atoms with E-state index in [1.807, 2.05) is 4.90 Å². The topological polar surface area (TPSA) is 110 Å². The standard InChI is InChI=1S/C13H20N4O3S/c1-21(19,20)10-2-3-12(11(14)8-10)17-6-4-16(5-7-17)9-13(15)18/h2-3,8H,4-7,9,14H2,1H3,(H2,15,18). The smallest absolute Gasteiger partial charge is 0.231 e. The molecule has 1 fully saturated rings. The third kappa shape index (κ3) is 3.85. The molecule has 0 spiro atoms. The van der Waals surface area contributed by atoms with Crippen LogP contribution in [-0.4, -0.2) is 58.2 Å². The van der Waals surface area contributed by atoms with Crippen LogP contribution < -0.4 is 16.4 Å². The Kier molecular flexibility index (Phi) is 4.38. The molecule has 4 N–H and O–H groups in total. The van der Waals surface area contributed by atoms with E-state index in [0.29, 0.717) is 5.69 Å². The van der Waals surface area contributed by atoms with Gasteiger partial charge in [-0.2, -0.15) is 0 Å². The Labute approximate surface area is 124 Å². The second kappa shape index (κ2) is 5.90. The van der Waals surface area contributed by atoms with E-state index in [9.17, 15) is 13.2 Å². The first-order valence-electron chi connectivity index (χ1n) is 6.62. The van der Waals surface area contributed by atoms with E-state index in [1.54, 1.807) is 12.1 Å². The molecule has 1 aromatic rings. The number of sulfone groups is 1. The summed E-state index contributed by atoms with van der Waals surface area (Å²) in [5.41, 5.74) is 12.4. The van der Waals surface area contributed by atoms with Gasteiger partial charge in [0.15, 0.2) is 9.84 Å². The zero-order chi connectivity index (χ0) is 15.6. The summed E-state index contributed by atoms with van der Waals surface area (Å²) in [4.78, 5) is 15.2. The number of nitrogens with zero attached hydrogens (tertiary/aromatic N) is 2. The fourth-order valence-electron chi connectivity index (χ4n) is 2.42. The molecule has 0 radical (unpaired) electrons. The van der Waals surface area contributed by atoms with Crippen molar-refractivity contribution < 1.29 is 13.2 Å². The lowest BCUT2D eigenvalue weighted by Crippen LogP contribution is -2.49. The largest absolute Gasteiger partial charge is 0.397 e. The number of anilines is 2. The number of nitrogens with two attached hydrogens (primary N) is 2. The van der Waals surface area contributed by atoms with Crippen LogP contribution in [0.3, 0.4) is 0 Å². The van der Waals surface area contributed by atoms with Crippen molar-refractivity contribution in [2.24, 2.45) is 5.73 Å². The quantitative estimate of drug-likeness (QED) is 0.710. The monoisotopic (exact) mass is 312 g/mol. The van der Waals surface area contributed by atoms with E-state index in [-0.39, 0.29) is 17.3 Å². The minimum Gasteiger partial charge on any atom is -0.397 e. The fourth-order valence-corrected chi connectivity index (χ4v) is 3.07. The molecule has 0 atom stereocenters. The normalized spacial score (nSPS) is 16.9. The molecule has 0 saturated carbocycles. The number of amides is 1. The number of nitrogen functional groups attached to an aromatic ring is 1. The Morgan fingerprint density at radius 1 is 1.24 bits per heavy atom. The SMILES string of the molecule is CS(=O)(=O)c1ccc(N2CCN(CC(N)=O)CC2)c(N)c1. The summed E-state index contributed by atoms with van der Waals surface area (Å²) in [7, 11) is -3.25. The average molecular weight is 312 g/mol. The van der Waals surface area contributed by atoms with Crippen molar-refractivity contribution in [2.45, 2.75) is 4.90 Å². The number of hydrogen-bond acceptors (Lipinski definition) is 6. The molecule has 0 aliphatic carbocycles. The number of piperazine rings is 1. The molecule has 1 aromatic carbocycles. The summed E-state index contributed by atoms with van der Waals surface area (Å²) in [5.74, 6) is -0.333. The van der Waals surface area contributed by atoms with Crippen molar-refractivity contribution in [1.82, 2.24) is 4.90 Å². The second-order valence-corrected chi connectivity index (χ2v) is 7.24. The highest BCUT2D eigenvalue weighted by atomic mass is 32.2. The van der Waals surface area contributed by atoms with Gasteiger partial charge in [-0.05, 0) is 18.2 Å². The van der Waals surface area contributed by atoms with Crippen LogP contribution in [0.4, 0.5) is 11.4 Å². The van der Waals surface area contributed by atoms with E-state index in [2.05, 4.69) is 4.90 Å². The average Bonchev–Trinajstić information content (AvgIpc) is 2.38. The zero-order valence-corrected chi connectivity index (χ0v) is 12.8. The summed E-state index contributed by atoms with van der Waals surface area (Å²) in [6.07, 6.45) is 1.16. The molecule has 1 heterocycles. The van der Waals surface area contributed by atoms with Gasteiger partial charge in [-0.3, -0.25) is 9.69 Å². The molecular weight excluding hydrogens is 292 g/mol. The van der Waals surface area contributed by atoms with Crippen LogP contribution >= 0.6 is 0 Å². The molecule has 1 amide bonds. The minimum atomic E-state index is -3.25. The summed E-state index contributed by atoms with van der Waals surface area (Å²) < 4.78 is 23.0. The molecule has 0 aromatic heterocycles. The molecule has 21 heavy (non-hydrogen) atoms. The highest BCUT2D eigenvalue weighted by Crippen LogP contribution is 2.27. The van der Waals surface area contributed by atoms with Gasteiger partial charge in [0.1, 0.15) is 0 Å². The minimum absolute atomic E-state index is 0.219. The molecule has 0 bridgehead atoms. The van der Waals surface area contributed by atoms with Crippen LogP contribution in [0.2, 0.25) is 0 Å². The highest BCUT2D eigenvalue weighted by molar-refractivity contribution is 7.90. The number of rotatable bonds is 4. The van der Waals surface area contributed by atoms with E-state index in [1.165, 1.54) is 6.07 Å². The molecule has 7 nitrogen and oxygen atoms in total. The van der Waals surface area contributed by atoms with Crippen LogP contribution in [0.15, 0.2) is 23.1 Å². The van der Waals surface area contributed by atoms with E-state index in [4.69, 9.17) is 11.5 Å². The highest BCUT2D eigenvalue weighted by Gasteiger charge is 2.20. The van der Waals surface area contributed by atoms with Gasteiger partial charge in [-0.1, -0.05) is 0 Å². The lowest BCUT2D eigenvalue weighted by molar-refractivity contribution is -0.119. The first-order chi connectivity index (χ1) is 9.77. The number of carbonyl (C=O) groups is 1. The Morgan fingerprint density at radius 3 is 2.33 bits per heavy atom. The van der Waals surface area contributed by atoms with Gasteiger partial charge in [-0.15, -0.1) is 0 Å². The Balaban J connectivity index is 2.09. The second-order valence-electron chi connectivity index (χ2n) is 5.22. The third-order valence-corrected chi connectivity index (χ3v) is 4.63. The van der Waals surface area contributed by atoms with Crippen molar-refractivity contribution in [1.29, 1.82) is 0 Å². The predicted molar refractivity (Wildman–Crippen MR) is 81.8 cm³/mol. The van der Waals surface area contributed by atoms with Crippen LogP contribution in [0.25, 0.3) is 0 Å². The lowest BCUT2D eigenvalue weighted by atomic mass is 10.2. The van der Waals surface area contributed by atoms with E-state index >= 15 is 0 Å². The van der Waals surface area contributed by atoms with Crippen molar-refractivity contribution >= 4 is 27.1 Å². The van der Waals surface area contributed by atoms with Crippen LogP contribution in [0, 0.1) is 0 Å². The Hall–Kier alpha value is -1.80. The van der Waals surface area contributed by atoms with E-state index in [0.717, 1.165) is 38.1 Å². The Morgan fingerprint density at radius 2 is 1.86 bits per heavy atom. The molecule has 8 heteroatoms. The summed E-state index contributed by atoms with van der Waals surface area (Å²) in [6, 6.07) is 4.78. The first kappa shape index (κ1) is 15.6. The van der Waals surface area contributed by atoms with Gasteiger partial charge in [0.25, 0.3) is 0 Å². The van der Waals surface area contributed by atoms with Crippen molar-refractivity contribution in [3.63, 3.8) is 0 Å². The van der Waals surface area contributed by atoms with Gasteiger partial charge in [0.05, 0.1) is 22.8 Å². The van der Waals surface area contributed by atoms with Gasteiger partial charge >= 0.3 is 0 Å². The number of benzene rings is 1. The predicted octanol–water partition coefficient (Wildman–Crippen LogP) is -0.720. The maximum absolute atomic E-state index is 11.5. The van der Waals surface area contributed by atoms with Gasteiger partial charge in [-0.25, -0.2) is 8.42 Å². The third-order valence-electron chi connectivity index (χ3n) is 3.52. The van der Waals surface area contributed by atoms with Gasteiger partial charge in [0, 0.05) is 32.4 Å². The van der Waals surface area contributed by atoms with Crippen LogP contribution in [0.5, 0.6) is 0 Å². The molecule has 0 unspecified atom stereocenters. The number of carbonyl (C=O) groups excluding carboxylic acids is 1. The van der Waals surface area contributed by atoms with Crippen LogP contribution in [0.1, 0.15) is 0 Å². The zero-order valence-electron chi connectivity index (χ0n) is 11.9. The van der Waals surface area contributed by atoms with Gasteiger partial charge in [0.2, 0.25) is 5.91 Å². The molecular formula is C13H20N4O3S. The molecule has 116 valence electrons. The fraction of sp³-hybridized carbons (Fsp3) is 0.462. The Bertz CT molecular complexity index is 637. The maximum atomic E-state index is 11.5. The summed E-state index contributed by atoms with van der Waals surface area (Å²) >= 11 is 0. The van der Waals surface area contributed by atoms with Gasteiger partial charge < -0.3 is 16.4 Å². The van der Waals surface area contributed by atoms with Crippen LogP contribution in [-0.2, 0) is 14.6 Å².